The number of benzene rings is 1. The molecule has 1 fully saturated rings. The number of rotatable bonds is 3. The summed E-state index contributed by atoms with van der Waals surface area (Å²) in [6.45, 7) is 4.63. The van der Waals surface area contributed by atoms with Crippen molar-refractivity contribution in [3.8, 4) is 11.5 Å². The minimum atomic E-state index is -0.376. The number of nitrogens with one attached hydrogen (secondary N) is 1. The van der Waals surface area contributed by atoms with Crippen LogP contribution in [0.2, 0.25) is 0 Å². The van der Waals surface area contributed by atoms with Crippen LogP contribution in [0.15, 0.2) is 12.1 Å². The Balaban J connectivity index is 1.83. The Kier molecular flexibility index (Phi) is 3.61. The van der Waals surface area contributed by atoms with Crippen molar-refractivity contribution < 1.29 is 14.4 Å². The van der Waals surface area contributed by atoms with Gasteiger partial charge in [-0.3, -0.25) is 10.1 Å². The van der Waals surface area contributed by atoms with Crippen LogP contribution in [-0.2, 0) is 0 Å². The fraction of sp³-hybridized carbons (Fsp3) is 0.600. The fourth-order valence-corrected chi connectivity index (χ4v) is 3.10. The number of ether oxygens (including phenoxy) is 2. The summed E-state index contributed by atoms with van der Waals surface area (Å²) in [6, 6.07) is 3.40. The van der Waals surface area contributed by atoms with Crippen LogP contribution in [0.1, 0.15) is 33.1 Å². The molecule has 0 amide bonds. The van der Waals surface area contributed by atoms with E-state index in [1.165, 1.54) is 6.07 Å². The highest BCUT2D eigenvalue weighted by atomic mass is 16.7. The predicted molar refractivity (Wildman–Crippen MR) is 78.8 cm³/mol. The van der Waals surface area contributed by atoms with Crippen molar-refractivity contribution in [2.75, 3.05) is 12.1 Å². The summed E-state index contributed by atoms with van der Waals surface area (Å²) < 4.78 is 10.5. The molecule has 1 N–H and O–H groups in total. The minimum absolute atomic E-state index is 0.0468. The van der Waals surface area contributed by atoms with Crippen LogP contribution >= 0.6 is 0 Å². The summed E-state index contributed by atoms with van der Waals surface area (Å²) in [4.78, 5) is 10.9. The molecular formula is C15H20N2O4. The molecular weight excluding hydrogens is 272 g/mol. The highest BCUT2D eigenvalue weighted by molar-refractivity contribution is 5.69. The van der Waals surface area contributed by atoms with E-state index in [1.54, 1.807) is 6.07 Å². The van der Waals surface area contributed by atoms with Crippen LogP contribution in [0.3, 0.4) is 0 Å². The average Bonchev–Trinajstić information content (AvgIpc) is 2.89. The Morgan fingerprint density at radius 2 is 1.90 bits per heavy atom. The molecule has 6 heteroatoms. The number of hydrogen-bond acceptors (Lipinski definition) is 5. The Morgan fingerprint density at radius 3 is 2.57 bits per heavy atom. The largest absolute Gasteiger partial charge is 0.454 e. The maximum absolute atomic E-state index is 11.2. The number of fused-ring (bicyclic) bond motifs is 1. The van der Waals surface area contributed by atoms with Crippen molar-refractivity contribution in [1.29, 1.82) is 0 Å². The van der Waals surface area contributed by atoms with E-state index in [2.05, 4.69) is 19.2 Å². The smallest absolute Gasteiger partial charge is 0.296 e. The summed E-state index contributed by atoms with van der Waals surface area (Å²) >= 11 is 0. The lowest BCUT2D eigenvalue weighted by Crippen LogP contribution is -2.30. The van der Waals surface area contributed by atoms with Crippen molar-refractivity contribution in [3.63, 3.8) is 0 Å². The molecule has 0 saturated heterocycles. The van der Waals surface area contributed by atoms with Crippen molar-refractivity contribution >= 4 is 11.4 Å². The molecule has 0 radical (unpaired) electrons. The van der Waals surface area contributed by atoms with Crippen LogP contribution in [0.5, 0.6) is 11.5 Å². The average molecular weight is 292 g/mol. The second-order valence-corrected chi connectivity index (χ2v) is 6.09. The highest BCUT2D eigenvalue weighted by Crippen LogP contribution is 2.41. The van der Waals surface area contributed by atoms with Crippen molar-refractivity contribution in [2.45, 2.75) is 39.2 Å². The van der Waals surface area contributed by atoms with E-state index in [4.69, 9.17) is 9.47 Å². The molecule has 3 rings (SSSR count). The molecule has 0 bridgehead atoms. The molecule has 3 unspecified atom stereocenters. The SMILES string of the molecule is CC1CCC(Nc2cc3c(cc2[N+](=O)[O-])OCO3)CC1C. The van der Waals surface area contributed by atoms with Crippen LogP contribution in [0.25, 0.3) is 0 Å². The Bertz CT molecular complexity index is 561. The van der Waals surface area contributed by atoms with Crippen molar-refractivity contribution in [2.24, 2.45) is 11.8 Å². The van der Waals surface area contributed by atoms with Gasteiger partial charge in [-0.25, -0.2) is 0 Å². The first-order chi connectivity index (χ1) is 10.0. The van der Waals surface area contributed by atoms with Crippen LogP contribution in [-0.4, -0.2) is 17.8 Å². The molecule has 1 saturated carbocycles. The van der Waals surface area contributed by atoms with Crippen LogP contribution in [0.4, 0.5) is 11.4 Å². The third-order valence-corrected chi connectivity index (χ3v) is 4.65. The summed E-state index contributed by atoms with van der Waals surface area (Å²) in [6.07, 6.45) is 3.22. The Hall–Kier alpha value is -1.98. The normalized spacial score (nSPS) is 27.4. The molecule has 3 atom stereocenters. The van der Waals surface area contributed by atoms with Crippen LogP contribution < -0.4 is 14.8 Å². The van der Waals surface area contributed by atoms with E-state index in [0.717, 1.165) is 25.2 Å². The van der Waals surface area contributed by atoms with E-state index in [9.17, 15) is 10.1 Å². The lowest BCUT2D eigenvalue weighted by atomic mass is 9.79. The van der Waals surface area contributed by atoms with Gasteiger partial charge in [0.05, 0.1) is 11.0 Å². The molecule has 2 aliphatic rings. The predicted octanol–water partition coefficient (Wildman–Crippen LogP) is 3.56. The van der Waals surface area contributed by atoms with E-state index in [0.29, 0.717) is 23.1 Å². The van der Waals surface area contributed by atoms with Gasteiger partial charge in [0.1, 0.15) is 5.69 Å². The standard InChI is InChI=1S/C15H20N2O4/c1-9-3-4-11(5-10(9)2)16-12-6-14-15(21-8-20-14)7-13(12)17(18)19/h6-7,9-11,16H,3-5,8H2,1-2H3. The van der Waals surface area contributed by atoms with Gasteiger partial charge in [0.25, 0.3) is 5.69 Å². The molecule has 1 heterocycles. The lowest BCUT2D eigenvalue weighted by Gasteiger charge is -2.33. The molecule has 6 nitrogen and oxygen atoms in total. The molecule has 0 spiro atoms. The van der Waals surface area contributed by atoms with Gasteiger partial charge in [-0.2, -0.15) is 0 Å². The quantitative estimate of drug-likeness (QED) is 0.681. The van der Waals surface area contributed by atoms with Crippen LogP contribution in [0, 0.1) is 22.0 Å². The monoisotopic (exact) mass is 292 g/mol. The molecule has 1 aliphatic carbocycles. The molecule has 1 aromatic carbocycles. The van der Waals surface area contributed by atoms with Gasteiger partial charge >= 0.3 is 0 Å². The molecule has 1 aromatic rings. The Morgan fingerprint density at radius 1 is 1.19 bits per heavy atom. The van der Waals surface area contributed by atoms with E-state index < -0.39 is 0 Å². The molecule has 0 aromatic heterocycles. The third kappa shape index (κ3) is 2.75. The topological polar surface area (TPSA) is 73.6 Å². The summed E-state index contributed by atoms with van der Waals surface area (Å²) in [7, 11) is 0. The van der Waals surface area contributed by atoms with Gasteiger partial charge in [-0.15, -0.1) is 0 Å². The first-order valence-electron chi connectivity index (χ1n) is 7.39. The van der Waals surface area contributed by atoms with E-state index in [1.807, 2.05) is 0 Å². The second kappa shape index (κ2) is 5.42. The zero-order chi connectivity index (χ0) is 15.0. The highest BCUT2D eigenvalue weighted by Gasteiger charge is 2.28. The number of nitro groups is 1. The fourth-order valence-electron chi connectivity index (χ4n) is 3.10. The number of hydrogen-bond donors (Lipinski definition) is 1. The van der Waals surface area contributed by atoms with Gasteiger partial charge in [0, 0.05) is 12.1 Å². The van der Waals surface area contributed by atoms with Crippen molar-refractivity contribution in [1.82, 2.24) is 0 Å². The summed E-state index contributed by atoms with van der Waals surface area (Å²) in [5, 5.41) is 14.6. The molecule has 1 aliphatic heterocycles. The Labute approximate surface area is 123 Å². The van der Waals surface area contributed by atoms with Gasteiger partial charge in [0.2, 0.25) is 6.79 Å². The maximum Gasteiger partial charge on any atom is 0.296 e. The van der Waals surface area contributed by atoms with E-state index in [-0.39, 0.29) is 23.4 Å². The van der Waals surface area contributed by atoms with Gasteiger partial charge in [-0.1, -0.05) is 13.8 Å². The van der Waals surface area contributed by atoms with Gasteiger partial charge < -0.3 is 14.8 Å². The zero-order valence-electron chi connectivity index (χ0n) is 12.3. The minimum Gasteiger partial charge on any atom is -0.454 e. The van der Waals surface area contributed by atoms with Gasteiger partial charge in [0.15, 0.2) is 11.5 Å². The molecule has 21 heavy (non-hydrogen) atoms. The first-order valence-corrected chi connectivity index (χ1v) is 7.39. The second-order valence-electron chi connectivity index (χ2n) is 6.09. The molecule has 114 valence electrons. The third-order valence-electron chi connectivity index (χ3n) is 4.65. The lowest BCUT2D eigenvalue weighted by molar-refractivity contribution is -0.384. The van der Waals surface area contributed by atoms with Crippen molar-refractivity contribution in [3.05, 3.63) is 22.2 Å². The van der Waals surface area contributed by atoms with Gasteiger partial charge in [-0.05, 0) is 31.1 Å². The van der Waals surface area contributed by atoms with E-state index >= 15 is 0 Å². The number of nitrogens with zero attached hydrogens (tertiary/aromatic N) is 1. The maximum atomic E-state index is 11.2. The summed E-state index contributed by atoms with van der Waals surface area (Å²) in [5.41, 5.74) is 0.571. The number of anilines is 1. The zero-order valence-corrected chi connectivity index (χ0v) is 12.3. The summed E-state index contributed by atoms with van der Waals surface area (Å²) in [5.74, 6) is 2.36. The number of nitro benzene ring substituents is 1. The first kappa shape index (κ1) is 14.0.